The molecule has 0 spiro atoms. The highest BCUT2D eigenvalue weighted by Crippen LogP contribution is 2.27. The van der Waals surface area contributed by atoms with Crippen LogP contribution in [0, 0.1) is 5.41 Å². The van der Waals surface area contributed by atoms with Crippen LogP contribution in [0.4, 0.5) is 5.69 Å². The number of allylic oxidation sites excluding steroid dienone is 1. The number of rotatable bonds is 8. The molecule has 0 fully saturated rings. The maximum Gasteiger partial charge on any atom is 0.0702 e. The highest BCUT2D eigenvalue weighted by Gasteiger charge is 2.09. The number of aromatic nitrogens is 1. The quantitative estimate of drug-likeness (QED) is 0.127. The van der Waals surface area contributed by atoms with E-state index in [1.165, 1.54) is 5.39 Å². The molecule has 210 valence electrons. The highest BCUT2D eigenvalue weighted by atomic mass is 15.4. The fraction of sp³-hybridized carbons (Fsp3) is 0. The third kappa shape index (κ3) is 5.83. The molecule has 0 aliphatic heterocycles. The van der Waals surface area contributed by atoms with Crippen molar-refractivity contribution in [1.82, 2.24) is 10.4 Å². The van der Waals surface area contributed by atoms with Crippen molar-refractivity contribution >= 4 is 38.8 Å². The number of para-hydroxylation sites is 1. The fourth-order valence-electron chi connectivity index (χ4n) is 5.39. The number of nitrogens with zero attached hydrogens (tertiary/aromatic N) is 1. The van der Waals surface area contributed by atoms with Gasteiger partial charge in [-0.05, 0) is 69.4 Å². The largest absolute Gasteiger partial charge is 0.301 e. The van der Waals surface area contributed by atoms with Crippen LogP contribution in [0.5, 0.6) is 0 Å². The molecule has 0 bridgehead atoms. The van der Waals surface area contributed by atoms with Crippen LogP contribution < -0.4 is 10.9 Å². The topological polar surface area (TPSA) is 60.8 Å². The van der Waals surface area contributed by atoms with Crippen molar-refractivity contribution in [2.75, 3.05) is 5.43 Å². The second-order valence-corrected chi connectivity index (χ2v) is 10.7. The summed E-state index contributed by atoms with van der Waals surface area (Å²) in [5.41, 5.74) is 16.1. The van der Waals surface area contributed by atoms with Gasteiger partial charge in [0.2, 0.25) is 0 Å². The van der Waals surface area contributed by atoms with Crippen LogP contribution in [0.3, 0.4) is 0 Å². The summed E-state index contributed by atoms with van der Waals surface area (Å²) in [5.74, 6) is 0. The third-order valence-corrected chi connectivity index (χ3v) is 7.78. The Balaban J connectivity index is 1.22. The number of hydrazine groups is 1. The Bertz CT molecular complexity index is 2130. The van der Waals surface area contributed by atoms with Crippen LogP contribution in [-0.4, -0.2) is 10.7 Å². The molecule has 0 aliphatic carbocycles. The average molecular weight is 567 g/mol. The Labute approximate surface area is 256 Å². The molecule has 0 saturated carbocycles. The van der Waals surface area contributed by atoms with Gasteiger partial charge in [0.15, 0.2) is 0 Å². The van der Waals surface area contributed by atoms with Gasteiger partial charge in [-0.1, -0.05) is 121 Å². The fourth-order valence-corrected chi connectivity index (χ4v) is 5.39. The van der Waals surface area contributed by atoms with Crippen LogP contribution in [0.25, 0.3) is 49.6 Å². The summed E-state index contributed by atoms with van der Waals surface area (Å²) in [4.78, 5) is 4.67. The number of fused-ring (bicyclic) bond motifs is 2. The molecular formula is C40H30N4. The van der Waals surface area contributed by atoms with Crippen LogP contribution in [0.2, 0.25) is 0 Å². The van der Waals surface area contributed by atoms with E-state index in [1.807, 2.05) is 79.0 Å². The SMILES string of the molecule is N=C(/C=C(\NNc1ccc2ccccc2c1)c1cccc(-c2cnc3ccccc3c2)c1)c1ccc(-c2ccccc2)cc1. The van der Waals surface area contributed by atoms with Crippen molar-refractivity contribution < 1.29 is 0 Å². The third-order valence-electron chi connectivity index (χ3n) is 7.78. The Morgan fingerprint density at radius 3 is 2.07 bits per heavy atom. The molecular weight excluding hydrogens is 536 g/mol. The van der Waals surface area contributed by atoms with Gasteiger partial charge in [0.05, 0.1) is 22.6 Å². The van der Waals surface area contributed by atoms with E-state index >= 15 is 0 Å². The number of pyridine rings is 1. The van der Waals surface area contributed by atoms with Crippen LogP contribution in [0.1, 0.15) is 11.1 Å². The molecule has 0 amide bonds. The van der Waals surface area contributed by atoms with Gasteiger partial charge in [-0.25, -0.2) is 0 Å². The zero-order valence-electron chi connectivity index (χ0n) is 24.0. The second-order valence-electron chi connectivity index (χ2n) is 10.7. The maximum atomic E-state index is 9.03. The molecule has 44 heavy (non-hydrogen) atoms. The summed E-state index contributed by atoms with van der Waals surface area (Å²) in [6.07, 6.45) is 3.80. The zero-order chi connectivity index (χ0) is 29.7. The van der Waals surface area contributed by atoms with Gasteiger partial charge in [-0.3, -0.25) is 4.98 Å². The predicted octanol–water partition coefficient (Wildman–Crippen LogP) is 9.75. The van der Waals surface area contributed by atoms with Crippen molar-refractivity contribution in [1.29, 1.82) is 5.41 Å². The molecule has 1 heterocycles. The average Bonchev–Trinajstić information content (AvgIpc) is 3.10. The number of nitrogens with one attached hydrogen (secondary N) is 3. The first-order chi connectivity index (χ1) is 21.7. The minimum absolute atomic E-state index is 0.408. The highest BCUT2D eigenvalue weighted by molar-refractivity contribution is 6.10. The Morgan fingerprint density at radius 2 is 1.23 bits per heavy atom. The van der Waals surface area contributed by atoms with Crippen LogP contribution in [-0.2, 0) is 0 Å². The van der Waals surface area contributed by atoms with Gasteiger partial charge in [0, 0.05) is 22.7 Å². The first kappa shape index (κ1) is 26.9. The van der Waals surface area contributed by atoms with Crippen molar-refractivity contribution in [3.8, 4) is 22.3 Å². The monoisotopic (exact) mass is 566 g/mol. The van der Waals surface area contributed by atoms with Crippen molar-refractivity contribution in [2.45, 2.75) is 0 Å². The van der Waals surface area contributed by atoms with Crippen LogP contribution >= 0.6 is 0 Å². The molecule has 4 heteroatoms. The number of anilines is 1. The summed E-state index contributed by atoms with van der Waals surface area (Å²) < 4.78 is 0. The van der Waals surface area contributed by atoms with E-state index in [2.05, 4.69) is 101 Å². The molecule has 7 aromatic rings. The lowest BCUT2D eigenvalue weighted by molar-refractivity contribution is 1.08. The lowest BCUT2D eigenvalue weighted by Crippen LogP contribution is -2.21. The molecule has 0 radical (unpaired) electrons. The number of hydrogen-bond donors (Lipinski definition) is 3. The molecule has 0 aliphatic rings. The van der Waals surface area contributed by atoms with E-state index in [4.69, 9.17) is 5.41 Å². The zero-order valence-corrected chi connectivity index (χ0v) is 24.0. The summed E-state index contributed by atoms with van der Waals surface area (Å²) in [6, 6.07) is 51.7. The first-order valence-electron chi connectivity index (χ1n) is 14.6. The van der Waals surface area contributed by atoms with Gasteiger partial charge in [-0.15, -0.1) is 0 Å². The van der Waals surface area contributed by atoms with E-state index in [0.29, 0.717) is 5.71 Å². The van der Waals surface area contributed by atoms with Gasteiger partial charge in [0.25, 0.3) is 0 Å². The minimum Gasteiger partial charge on any atom is -0.301 e. The lowest BCUT2D eigenvalue weighted by atomic mass is 9.99. The van der Waals surface area contributed by atoms with Gasteiger partial charge in [-0.2, -0.15) is 0 Å². The molecule has 7 rings (SSSR count). The van der Waals surface area contributed by atoms with E-state index in [1.54, 1.807) is 0 Å². The molecule has 3 N–H and O–H groups in total. The predicted molar refractivity (Wildman–Crippen MR) is 185 cm³/mol. The van der Waals surface area contributed by atoms with E-state index in [0.717, 1.165) is 61.1 Å². The van der Waals surface area contributed by atoms with E-state index < -0.39 is 0 Å². The molecule has 6 aromatic carbocycles. The molecule has 0 unspecified atom stereocenters. The smallest absolute Gasteiger partial charge is 0.0702 e. The maximum absolute atomic E-state index is 9.03. The van der Waals surface area contributed by atoms with Crippen molar-refractivity contribution in [3.63, 3.8) is 0 Å². The number of benzene rings is 6. The summed E-state index contributed by atoms with van der Waals surface area (Å²) in [6.45, 7) is 0. The summed E-state index contributed by atoms with van der Waals surface area (Å²) in [5, 5.41) is 12.5. The second kappa shape index (κ2) is 12.1. The van der Waals surface area contributed by atoms with Gasteiger partial charge >= 0.3 is 0 Å². The Hall–Kier alpha value is -6.00. The van der Waals surface area contributed by atoms with Gasteiger partial charge < -0.3 is 16.3 Å². The molecule has 1 aromatic heterocycles. The lowest BCUT2D eigenvalue weighted by Gasteiger charge is -2.16. The first-order valence-corrected chi connectivity index (χ1v) is 14.6. The standard InChI is InChI=1S/C40H30N4/c41-38(31-19-17-30(18-20-31)28-9-2-1-3-10-28)26-40(44-43-37-22-21-29-11-4-5-12-33(29)25-37)35-15-8-14-32(23-35)36-24-34-13-6-7-16-39(34)42-27-36/h1-27,41,43-44H/b40-26-,41-38?. The van der Waals surface area contributed by atoms with E-state index in [9.17, 15) is 0 Å². The molecule has 4 nitrogen and oxygen atoms in total. The van der Waals surface area contributed by atoms with Crippen LogP contribution in [0.15, 0.2) is 164 Å². The van der Waals surface area contributed by atoms with Gasteiger partial charge in [0.1, 0.15) is 0 Å². The van der Waals surface area contributed by atoms with Crippen molar-refractivity contribution in [3.05, 3.63) is 175 Å². The number of hydrogen-bond acceptors (Lipinski definition) is 4. The Kier molecular flexibility index (Phi) is 7.38. The van der Waals surface area contributed by atoms with Crippen molar-refractivity contribution in [2.24, 2.45) is 0 Å². The van der Waals surface area contributed by atoms with E-state index in [-0.39, 0.29) is 0 Å². The summed E-state index contributed by atoms with van der Waals surface area (Å²) >= 11 is 0. The normalized spacial score (nSPS) is 11.4. The Morgan fingerprint density at radius 1 is 0.523 bits per heavy atom. The molecule has 0 atom stereocenters. The minimum atomic E-state index is 0.408. The summed E-state index contributed by atoms with van der Waals surface area (Å²) in [7, 11) is 0. The molecule has 0 saturated heterocycles.